The van der Waals surface area contributed by atoms with Gasteiger partial charge < -0.3 is 16.2 Å². The molecule has 0 aliphatic rings. The zero-order valence-corrected chi connectivity index (χ0v) is 13.6. The second-order valence-electron chi connectivity index (χ2n) is 6.76. The number of hydrogen-bond acceptors (Lipinski definition) is 4. The molecule has 4 heteroatoms. The van der Waals surface area contributed by atoms with Crippen molar-refractivity contribution in [3.8, 4) is 0 Å². The Morgan fingerprint density at radius 3 is 2.00 bits per heavy atom. The van der Waals surface area contributed by atoms with E-state index in [0.717, 1.165) is 12.8 Å². The van der Waals surface area contributed by atoms with Crippen molar-refractivity contribution in [1.82, 2.24) is 0 Å². The third kappa shape index (κ3) is 6.17. The van der Waals surface area contributed by atoms with E-state index in [2.05, 4.69) is 27.7 Å². The minimum Gasteiger partial charge on any atom is -0.460 e. The Balaban J connectivity index is 2.67. The van der Waals surface area contributed by atoms with E-state index in [1.165, 1.54) is 0 Å². The quantitative estimate of drug-likeness (QED) is 0.597. The van der Waals surface area contributed by atoms with Gasteiger partial charge in [0.15, 0.2) is 0 Å². The molecule has 4 nitrogen and oxygen atoms in total. The van der Waals surface area contributed by atoms with Gasteiger partial charge in [-0.15, -0.1) is 0 Å². The van der Waals surface area contributed by atoms with Gasteiger partial charge in [-0.3, -0.25) is 0 Å². The maximum Gasteiger partial charge on any atom is 0.338 e. The van der Waals surface area contributed by atoms with E-state index in [0.29, 0.717) is 23.1 Å². The summed E-state index contributed by atoms with van der Waals surface area (Å²) in [7, 11) is 0. The Bertz CT molecular complexity index is 442. The largest absolute Gasteiger partial charge is 0.460 e. The summed E-state index contributed by atoms with van der Waals surface area (Å²) in [5.41, 5.74) is 12.7. The monoisotopic (exact) mass is 292 g/mol. The Morgan fingerprint density at radius 1 is 1.10 bits per heavy atom. The molecule has 0 unspecified atom stereocenters. The number of rotatable bonds is 7. The highest BCUT2D eigenvalue weighted by molar-refractivity contribution is 5.89. The number of esters is 1. The minimum absolute atomic E-state index is 0.243. The average Bonchev–Trinajstić information content (AvgIpc) is 2.35. The highest BCUT2D eigenvalue weighted by Crippen LogP contribution is 2.23. The van der Waals surface area contributed by atoms with E-state index in [-0.39, 0.29) is 12.6 Å². The molecule has 4 N–H and O–H groups in total. The van der Waals surface area contributed by atoms with Crippen LogP contribution in [0.4, 0.5) is 5.69 Å². The summed E-state index contributed by atoms with van der Waals surface area (Å²) in [5.74, 6) is 0.574. The minimum atomic E-state index is -0.466. The van der Waals surface area contributed by atoms with Crippen molar-refractivity contribution in [2.45, 2.75) is 46.1 Å². The lowest BCUT2D eigenvalue weighted by molar-refractivity contribution is 0.0358. The molecular weight excluding hydrogens is 264 g/mol. The van der Waals surface area contributed by atoms with Crippen LogP contribution in [-0.2, 0) is 4.74 Å². The van der Waals surface area contributed by atoms with E-state index in [1.807, 2.05) is 0 Å². The first kappa shape index (κ1) is 17.5. The molecular formula is C17H28N2O2. The van der Waals surface area contributed by atoms with Gasteiger partial charge in [-0.1, -0.05) is 27.7 Å². The number of carbonyl (C=O) groups is 1. The lowest BCUT2D eigenvalue weighted by atomic mass is 9.83. The predicted octanol–water partition coefficient (Wildman–Crippen LogP) is 3.22. The third-order valence-corrected chi connectivity index (χ3v) is 3.27. The molecule has 0 aromatic heterocycles. The van der Waals surface area contributed by atoms with Crippen molar-refractivity contribution in [2.24, 2.45) is 17.6 Å². The highest BCUT2D eigenvalue weighted by atomic mass is 16.5. The molecule has 0 bridgehead atoms. The van der Waals surface area contributed by atoms with Gasteiger partial charge in [-0.05, 0) is 48.9 Å². The van der Waals surface area contributed by atoms with E-state index in [1.54, 1.807) is 24.3 Å². The number of carbonyl (C=O) groups excluding carboxylic acids is 1. The Hall–Kier alpha value is -1.55. The number of nitrogens with two attached hydrogens (primary N) is 2. The van der Waals surface area contributed by atoms with Gasteiger partial charge in [-0.2, -0.15) is 0 Å². The summed E-state index contributed by atoms with van der Waals surface area (Å²) in [6, 6.07) is 6.71. The molecule has 0 heterocycles. The summed E-state index contributed by atoms with van der Waals surface area (Å²) in [6.45, 7) is 8.76. The Labute approximate surface area is 127 Å². The van der Waals surface area contributed by atoms with Gasteiger partial charge in [0.2, 0.25) is 0 Å². The van der Waals surface area contributed by atoms with E-state index >= 15 is 0 Å². The lowest BCUT2D eigenvalue weighted by Crippen LogP contribution is -2.47. The first-order valence-corrected chi connectivity index (χ1v) is 7.53. The summed E-state index contributed by atoms with van der Waals surface area (Å²) in [5, 5.41) is 0. The molecule has 0 fully saturated rings. The van der Waals surface area contributed by atoms with Crippen molar-refractivity contribution < 1.29 is 9.53 Å². The van der Waals surface area contributed by atoms with Gasteiger partial charge in [0.05, 0.1) is 11.1 Å². The molecule has 118 valence electrons. The van der Waals surface area contributed by atoms with E-state index in [4.69, 9.17) is 16.2 Å². The zero-order valence-electron chi connectivity index (χ0n) is 13.6. The van der Waals surface area contributed by atoms with Crippen LogP contribution < -0.4 is 11.5 Å². The number of nitrogen functional groups attached to an aromatic ring is 1. The third-order valence-electron chi connectivity index (χ3n) is 3.27. The topological polar surface area (TPSA) is 78.3 Å². The van der Waals surface area contributed by atoms with Crippen LogP contribution in [0.1, 0.15) is 50.9 Å². The summed E-state index contributed by atoms with van der Waals surface area (Å²) in [4.78, 5) is 12.1. The lowest BCUT2D eigenvalue weighted by Gasteiger charge is -2.32. The average molecular weight is 292 g/mol. The van der Waals surface area contributed by atoms with Crippen LogP contribution in [0.5, 0.6) is 0 Å². The van der Waals surface area contributed by atoms with Crippen LogP contribution in [0, 0.1) is 11.8 Å². The van der Waals surface area contributed by atoms with Gasteiger partial charge >= 0.3 is 5.97 Å². The Kier molecular flexibility index (Phi) is 6.21. The van der Waals surface area contributed by atoms with Crippen molar-refractivity contribution in [3.63, 3.8) is 0 Å². The molecule has 0 radical (unpaired) electrons. The Morgan fingerprint density at radius 2 is 1.57 bits per heavy atom. The second-order valence-corrected chi connectivity index (χ2v) is 6.76. The molecule has 0 amide bonds. The zero-order chi connectivity index (χ0) is 16.0. The molecule has 0 saturated carbocycles. The fourth-order valence-electron chi connectivity index (χ4n) is 2.74. The second kappa shape index (κ2) is 7.46. The number of anilines is 1. The van der Waals surface area contributed by atoms with Crippen LogP contribution in [-0.4, -0.2) is 18.1 Å². The van der Waals surface area contributed by atoms with Crippen molar-refractivity contribution in [3.05, 3.63) is 29.8 Å². The summed E-state index contributed by atoms with van der Waals surface area (Å²) < 4.78 is 5.43. The number of hydrogen-bond donors (Lipinski definition) is 2. The van der Waals surface area contributed by atoms with E-state index in [9.17, 15) is 4.79 Å². The van der Waals surface area contributed by atoms with E-state index < -0.39 is 5.54 Å². The maximum absolute atomic E-state index is 12.1. The SMILES string of the molecule is CC(C)CC(N)(COC(=O)c1ccc(N)cc1)CC(C)C. The molecule has 0 atom stereocenters. The first-order chi connectivity index (χ1) is 9.72. The molecule has 1 aromatic rings. The van der Waals surface area contributed by atoms with Crippen LogP contribution in [0.2, 0.25) is 0 Å². The molecule has 1 rings (SSSR count). The molecule has 0 aliphatic carbocycles. The highest BCUT2D eigenvalue weighted by Gasteiger charge is 2.29. The normalized spacial score (nSPS) is 12.0. The number of benzene rings is 1. The summed E-state index contributed by atoms with van der Waals surface area (Å²) in [6.07, 6.45) is 1.67. The first-order valence-electron chi connectivity index (χ1n) is 7.53. The molecule has 1 aromatic carbocycles. The summed E-state index contributed by atoms with van der Waals surface area (Å²) >= 11 is 0. The number of ether oxygens (including phenoxy) is 1. The fourth-order valence-corrected chi connectivity index (χ4v) is 2.74. The van der Waals surface area contributed by atoms with Crippen molar-refractivity contribution >= 4 is 11.7 Å². The fraction of sp³-hybridized carbons (Fsp3) is 0.588. The van der Waals surface area contributed by atoms with Crippen LogP contribution in [0.25, 0.3) is 0 Å². The smallest absolute Gasteiger partial charge is 0.338 e. The van der Waals surface area contributed by atoms with Crippen LogP contribution in [0.15, 0.2) is 24.3 Å². The molecule has 0 saturated heterocycles. The van der Waals surface area contributed by atoms with Crippen molar-refractivity contribution in [1.29, 1.82) is 0 Å². The van der Waals surface area contributed by atoms with Crippen molar-refractivity contribution in [2.75, 3.05) is 12.3 Å². The van der Waals surface area contributed by atoms with Gasteiger partial charge in [-0.25, -0.2) is 4.79 Å². The molecule has 21 heavy (non-hydrogen) atoms. The molecule has 0 spiro atoms. The van der Waals surface area contributed by atoms with Gasteiger partial charge in [0.25, 0.3) is 0 Å². The predicted molar refractivity (Wildman–Crippen MR) is 87.0 cm³/mol. The molecule has 0 aliphatic heterocycles. The van der Waals surface area contributed by atoms with Gasteiger partial charge in [0.1, 0.15) is 6.61 Å². The van der Waals surface area contributed by atoms with Gasteiger partial charge in [0, 0.05) is 5.69 Å². The van der Waals surface area contributed by atoms with Crippen LogP contribution in [0.3, 0.4) is 0 Å². The maximum atomic E-state index is 12.1. The van der Waals surface area contributed by atoms with Crippen LogP contribution >= 0.6 is 0 Å². The standard InChI is InChI=1S/C17H28N2O2/c1-12(2)9-17(19,10-13(3)4)11-21-16(20)14-5-7-15(18)8-6-14/h5-8,12-13H,9-11,18-19H2,1-4H3.